The van der Waals surface area contributed by atoms with Gasteiger partial charge in [-0.1, -0.05) is 6.07 Å². The Morgan fingerprint density at radius 3 is 3.17 bits per heavy atom. The SMILES string of the molecule is COc1ccc(C2NCCc3[nH]cnc32)cc1Cn1cncn1. The minimum Gasteiger partial charge on any atom is -0.496 e. The number of hydrogen-bond acceptors (Lipinski definition) is 5. The van der Waals surface area contributed by atoms with E-state index in [2.05, 4.69) is 37.5 Å². The van der Waals surface area contributed by atoms with Crippen LogP contribution in [0.4, 0.5) is 0 Å². The molecule has 1 unspecified atom stereocenters. The molecule has 0 saturated carbocycles. The van der Waals surface area contributed by atoms with E-state index in [1.165, 1.54) is 17.6 Å². The highest BCUT2D eigenvalue weighted by molar-refractivity contribution is 5.41. The quantitative estimate of drug-likeness (QED) is 0.759. The first-order valence-electron chi connectivity index (χ1n) is 7.60. The van der Waals surface area contributed by atoms with Crippen molar-refractivity contribution < 1.29 is 4.74 Å². The van der Waals surface area contributed by atoms with Crippen LogP contribution >= 0.6 is 0 Å². The molecule has 23 heavy (non-hydrogen) atoms. The first kappa shape index (κ1) is 14.0. The lowest BCUT2D eigenvalue weighted by Crippen LogP contribution is -2.30. The third-order valence-corrected chi connectivity index (χ3v) is 4.19. The molecule has 118 valence electrons. The summed E-state index contributed by atoms with van der Waals surface area (Å²) in [6, 6.07) is 6.35. The van der Waals surface area contributed by atoms with Crippen molar-refractivity contribution in [2.75, 3.05) is 13.7 Å². The van der Waals surface area contributed by atoms with Gasteiger partial charge in [-0.3, -0.25) is 0 Å². The second kappa shape index (κ2) is 5.85. The van der Waals surface area contributed by atoms with Crippen LogP contribution in [0.3, 0.4) is 0 Å². The molecule has 3 aromatic rings. The Morgan fingerprint density at radius 1 is 1.39 bits per heavy atom. The Bertz CT molecular complexity index is 795. The maximum Gasteiger partial charge on any atom is 0.137 e. The summed E-state index contributed by atoms with van der Waals surface area (Å²) in [5.41, 5.74) is 4.53. The summed E-state index contributed by atoms with van der Waals surface area (Å²) < 4.78 is 7.27. The number of benzene rings is 1. The highest BCUT2D eigenvalue weighted by Gasteiger charge is 2.24. The monoisotopic (exact) mass is 310 g/mol. The van der Waals surface area contributed by atoms with E-state index >= 15 is 0 Å². The van der Waals surface area contributed by atoms with Crippen molar-refractivity contribution in [3.63, 3.8) is 0 Å². The van der Waals surface area contributed by atoms with E-state index in [9.17, 15) is 0 Å². The van der Waals surface area contributed by atoms with E-state index in [1.54, 1.807) is 24.4 Å². The van der Waals surface area contributed by atoms with Crippen molar-refractivity contribution >= 4 is 0 Å². The zero-order valence-electron chi connectivity index (χ0n) is 12.9. The lowest BCUT2D eigenvalue weighted by atomic mass is 9.96. The highest BCUT2D eigenvalue weighted by Crippen LogP contribution is 2.30. The molecule has 0 radical (unpaired) electrons. The molecule has 2 aromatic heterocycles. The van der Waals surface area contributed by atoms with Crippen molar-refractivity contribution in [1.29, 1.82) is 0 Å². The van der Waals surface area contributed by atoms with Gasteiger partial charge in [0.25, 0.3) is 0 Å². The van der Waals surface area contributed by atoms with Crippen molar-refractivity contribution in [3.8, 4) is 5.75 Å². The number of imidazole rings is 1. The average molecular weight is 310 g/mol. The second-order valence-corrected chi connectivity index (χ2v) is 5.57. The van der Waals surface area contributed by atoms with Crippen molar-refractivity contribution in [1.82, 2.24) is 30.0 Å². The van der Waals surface area contributed by atoms with E-state index in [0.29, 0.717) is 6.54 Å². The predicted octanol–water partition coefficient (Wildman–Crippen LogP) is 1.29. The molecule has 0 saturated heterocycles. The summed E-state index contributed by atoms with van der Waals surface area (Å²) in [5.74, 6) is 0.849. The van der Waals surface area contributed by atoms with Gasteiger partial charge >= 0.3 is 0 Å². The van der Waals surface area contributed by atoms with Gasteiger partial charge < -0.3 is 15.0 Å². The molecule has 2 N–H and O–H groups in total. The van der Waals surface area contributed by atoms with Gasteiger partial charge in [-0.25, -0.2) is 14.6 Å². The number of nitrogens with one attached hydrogen (secondary N) is 2. The first-order valence-corrected chi connectivity index (χ1v) is 7.60. The Hall–Kier alpha value is -2.67. The van der Waals surface area contributed by atoms with E-state index in [4.69, 9.17) is 4.74 Å². The molecule has 0 spiro atoms. The number of nitrogens with zero attached hydrogens (tertiary/aromatic N) is 4. The number of aromatic nitrogens is 5. The lowest BCUT2D eigenvalue weighted by Gasteiger charge is -2.24. The van der Waals surface area contributed by atoms with Crippen LogP contribution < -0.4 is 10.1 Å². The maximum absolute atomic E-state index is 5.49. The van der Waals surface area contributed by atoms with E-state index in [0.717, 1.165) is 30.0 Å². The van der Waals surface area contributed by atoms with Gasteiger partial charge in [0.05, 0.1) is 31.7 Å². The molecule has 0 bridgehead atoms. The van der Waals surface area contributed by atoms with Gasteiger partial charge in [0.15, 0.2) is 0 Å². The second-order valence-electron chi connectivity index (χ2n) is 5.57. The number of fused-ring (bicyclic) bond motifs is 1. The molecule has 0 aliphatic carbocycles. The van der Waals surface area contributed by atoms with E-state index in [-0.39, 0.29) is 6.04 Å². The van der Waals surface area contributed by atoms with Crippen LogP contribution in [0.15, 0.2) is 37.2 Å². The van der Waals surface area contributed by atoms with Crippen LogP contribution in [0, 0.1) is 0 Å². The molecule has 0 fully saturated rings. The minimum atomic E-state index is 0.102. The molecular weight excluding hydrogens is 292 g/mol. The van der Waals surface area contributed by atoms with Crippen molar-refractivity contribution in [3.05, 3.63) is 59.7 Å². The van der Waals surface area contributed by atoms with Gasteiger partial charge in [-0.15, -0.1) is 0 Å². The largest absolute Gasteiger partial charge is 0.496 e. The number of aromatic amines is 1. The molecule has 3 heterocycles. The molecule has 7 nitrogen and oxygen atoms in total. The fraction of sp³-hybridized carbons (Fsp3) is 0.312. The molecule has 0 amide bonds. The van der Waals surface area contributed by atoms with Gasteiger partial charge in [0.2, 0.25) is 0 Å². The number of rotatable bonds is 4. The Balaban J connectivity index is 1.70. The third kappa shape index (κ3) is 2.59. The summed E-state index contributed by atoms with van der Waals surface area (Å²) in [6.45, 7) is 1.56. The number of H-pyrrole nitrogens is 1. The topological polar surface area (TPSA) is 80.6 Å². The van der Waals surface area contributed by atoms with Crippen LogP contribution in [0.2, 0.25) is 0 Å². The number of ether oxygens (including phenoxy) is 1. The summed E-state index contributed by atoms with van der Waals surface area (Å²) >= 11 is 0. The normalized spacial score (nSPS) is 17.0. The number of hydrogen-bond donors (Lipinski definition) is 2. The van der Waals surface area contributed by atoms with Gasteiger partial charge in [-0.05, 0) is 17.7 Å². The Morgan fingerprint density at radius 2 is 2.35 bits per heavy atom. The molecule has 1 aliphatic heterocycles. The van der Waals surface area contributed by atoms with Gasteiger partial charge in [0.1, 0.15) is 18.4 Å². The van der Waals surface area contributed by atoms with Crippen molar-refractivity contribution in [2.45, 2.75) is 19.0 Å². The summed E-state index contributed by atoms with van der Waals surface area (Å²) in [5, 5.41) is 7.72. The standard InChI is InChI=1S/C16H18N6O/c1-23-14-3-2-11(6-12(14)7-22-10-17-8-21-22)15-16-13(4-5-18-15)19-9-20-16/h2-3,6,8-10,15,18H,4-5,7H2,1H3,(H,19,20). The maximum atomic E-state index is 5.49. The zero-order chi connectivity index (χ0) is 15.6. The van der Waals surface area contributed by atoms with Crippen LogP contribution in [0.25, 0.3) is 0 Å². The van der Waals surface area contributed by atoms with E-state index in [1.807, 2.05) is 6.07 Å². The molecular formula is C16H18N6O. The lowest BCUT2D eigenvalue weighted by molar-refractivity contribution is 0.406. The summed E-state index contributed by atoms with van der Waals surface area (Å²) in [4.78, 5) is 11.7. The first-order chi connectivity index (χ1) is 11.3. The van der Waals surface area contributed by atoms with E-state index < -0.39 is 0 Å². The van der Waals surface area contributed by atoms with Crippen LogP contribution in [0.5, 0.6) is 5.75 Å². The molecule has 7 heteroatoms. The average Bonchev–Trinajstić information content (AvgIpc) is 3.25. The Kier molecular flexibility index (Phi) is 3.55. The van der Waals surface area contributed by atoms with Crippen LogP contribution in [-0.2, 0) is 13.0 Å². The highest BCUT2D eigenvalue weighted by atomic mass is 16.5. The van der Waals surface area contributed by atoms with Gasteiger partial charge in [0, 0.05) is 24.2 Å². The summed E-state index contributed by atoms with van der Waals surface area (Å²) in [7, 11) is 1.69. The smallest absolute Gasteiger partial charge is 0.137 e. The molecule has 4 rings (SSSR count). The van der Waals surface area contributed by atoms with Crippen molar-refractivity contribution in [2.24, 2.45) is 0 Å². The minimum absolute atomic E-state index is 0.102. The van der Waals surface area contributed by atoms with Crippen LogP contribution in [0.1, 0.15) is 28.6 Å². The molecule has 1 atom stereocenters. The fourth-order valence-corrected chi connectivity index (χ4v) is 3.09. The number of methoxy groups -OCH3 is 1. The molecule has 1 aliphatic rings. The fourth-order valence-electron chi connectivity index (χ4n) is 3.09. The zero-order valence-corrected chi connectivity index (χ0v) is 12.9. The molecule has 1 aromatic carbocycles. The third-order valence-electron chi connectivity index (χ3n) is 4.19. The van der Waals surface area contributed by atoms with Gasteiger partial charge in [-0.2, -0.15) is 5.10 Å². The Labute approximate surface area is 133 Å². The predicted molar refractivity (Wildman–Crippen MR) is 84.3 cm³/mol. The van der Waals surface area contributed by atoms with Crippen LogP contribution in [-0.4, -0.2) is 38.4 Å². The summed E-state index contributed by atoms with van der Waals surface area (Å²) in [6.07, 6.45) is 5.99.